The summed E-state index contributed by atoms with van der Waals surface area (Å²) in [6.07, 6.45) is 20.1. The van der Waals surface area contributed by atoms with Crippen LogP contribution >= 0.6 is 0 Å². The number of rotatable bonds is 16. The van der Waals surface area contributed by atoms with Crippen molar-refractivity contribution in [3.63, 3.8) is 0 Å². The van der Waals surface area contributed by atoms with Crippen molar-refractivity contribution in [1.29, 1.82) is 0 Å². The average Bonchev–Trinajstić information content (AvgIpc) is 2.88. The van der Waals surface area contributed by atoms with Crippen LogP contribution in [0.5, 0.6) is 0 Å². The predicted octanol–water partition coefficient (Wildman–Crippen LogP) is 6.89. The van der Waals surface area contributed by atoms with E-state index in [9.17, 15) is 0 Å². The molecule has 0 aliphatic heterocycles. The fourth-order valence-corrected chi connectivity index (χ4v) is 4.01. The van der Waals surface area contributed by atoms with Crippen LogP contribution in [0.3, 0.4) is 0 Å². The topological polar surface area (TPSA) is 8.81 Å². The number of nitrogens with zero attached hydrogens (tertiary/aromatic N) is 2. The van der Waals surface area contributed by atoms with E-state index in [0.717, 1.165) is 6.54 Å². The zero-order valence-corrected chi connectivity index (χ0v) is 17.8. The van der Waals surface area contributed by atoms with Gasteiger partial charge in [0.05, 0.1) is 12.2 Å². The van der Waals surface area contributed by atoms with Crippen LogP contribution in [-0.2, 0) is 13.1 Å². The smallest absolute Gasteiger partial charge is 0.158 e. The minimum absolute atomic E-state index is 1.08. The van der Waals surface area contributed by atoms with Crippen LogP contribution in [0.25, 0.3) is 0 Å². The first-order valence-electron chi connectivity index (χ1n) is 11.3. The van der Waals surface area contributed by atoms with E-state index < -0.39 is 0 Å². The molecule has 0 fully saturated rings. The van der Waals surface area contributed by atoms with Crippen molar-refractivity contribution in [2.45, 2.75) is 131 Å². The molecule has 1 aromatic rings. The molecule has 2 nitrogen and oxygen atoms in total. The molecule has 0 unspecified atom stereocenters. The van der Waals surface area contributed by atoms with E-state index in [-0.39, 0.29) is 0 Å². The second-order valence-electron chi connectivity index (χ2n) is 7.86. The molecule has 0 aliphatic rings. The minimum atomic E-state index is 1.08. The summed E-state index contributed by atoms with van der Waals surface area (Å²) in [5.74, 6) is 0. The highest BCUT2D eigenvalue weighted by Gasteiger charge is 2.15. The third kappa shape index (κ3) is 9.47. The van der Waals surface area contributed by atoms with Crippen molar-refractivity contribution in [2.75, 3.05) is 0 Å². The Kier molecular flexibility index (Phi) is 12.8. The number of unbranched alkanes of at least 4 members (excludes halogenated alkanes) is 13. The van der Waals surface area contributed by atoms with Crippen molar-refractivity contribution in [3.05, 3.63) is 17.5 Å². The first-order valence-corrected chi connectivity index (χ1v) is 11.3. The van der Waals surface area contributed by atoms with E-state index in [1.807, 2.05) is 0 Å². The van der Waals surface area contributed by atoms with Gasteiger partial charge in [-0.05, 0) is 20.3 Å². The molecular formula is C23H45N2+. The molecule has 25 heavy (non-hydrogen) atoms. The van der Waals surface area contributed by atoms with E-state index in [1.165, 1.54) is 108 Å². The fraction of sp³-hybridized carbons (Fsp3) is 0.870. The largest absolute Gasteiger partial charge is 0.205 e. The highest BCUT2D eigenvalue weighted by Crippen LogP contribution is 2.13. The van der Waals surface area contributed by atoms with Crippen molar-refractivity contribution >= 4 is 0 Å². The summed E-state index contributed by atoms with van der Waals surface area (Å²) in [7, 11) is 0. The van der Waals surface area contributed by atoms with Gasteiger partial charge in [0.1, 0.15) is 0 Å². The lowest BCUT2D eigenvalue weighted by Crippen LogP contribution is -2.45. The third-order valence-electron chi connectivity index (χ3n) is 5.55. The van der Waals surface area contributed by atoms with Gasteiger partial charge in [0.25, 0.3) is 0 Å². The van der Waals surface area contributed by atoms with Gasteiger partial charge in [0.2, 0.25) is 5.69 Å². The standard InChI is InChI=1S/C23H45N2/c1-5-7-8-9-10-11-12-13-14-15-16-17-18-19-20-25-23(4)21-22(3)24(25)6-2/h21H,5-20H2,1-4H3/q+1. The summed E-state index contributed by atoms with van der Waals surface area (Å²) in [6.45, 7) is 11.3. The number of hydrogen-bond donors (Lipinski definition) is 0. The average molecular weight is 350 g/mol. The zero-order valence-electron chi connectivity index (χ0n) is 17.8. The Hall–Kier alpha value is -0.790. The molecular weight excluding hydrogens is 304 g/mol. The first-order chi connectivity index (χ1) is 12.2. The van der Waals surface area contributed by atoms with Gasteiger partial charge in [-0.2, -0.15) is 4.68 Å². The van der Waals surface area contributed by atoms with Crippen LogP contribution in [0.1, 0.15) is 115 Å². The summed E-state index contributed by atoms with van der Waals surface area (Å²) in [4.78, 5) is 0. The minimum Gasteiger partial charge on any atom is -0.158 e. The molecule has 1 aromatic heterocycles. The Bertz CT molecular complexity index is 434. The van der Waals surface area contributed by atoms with Crippen molar-refractivity contribution in [3.8, 4) is 0 Å². The quantitative estimate of drug-likeness (QED) is 0.227. The SMILES string of the molecule is CCCCCCCCCCCCCCCC[n+]1c(C)cc(C)n1CC. The number of hydrogen-bond acceptors (Lipinski definition) is 0. The summed E-state index contributed by atoms with van der Waals surface area (Å²) < 4.78 is 4.88. The molecule has 1 heterocycles. The first kappa shape index (κ1) is 22.3. The molecule has 0 atom stereocenters. The molecule has 0 spiro atoms. The Labute approximate surface area is 158 Å². The highest BCUT2D eigenvalue weighted by molar-refractivity contribution is 5.01. The Morgan fingerprint density at radius 1 is 0.680 bits per heavy atom. The zero-order chi connectivity index (χ0) is 18.3. The molecule has 0 saturated carbocycles. The third-order valence-corrected chi connectivity index (χ3v) is 5.55. The van der Waals surface area contributed by atoms with Crippen LogP contribution in [0.4, 0.5) is 0 Å². The molecule has 2 heteroatoms. The Morgan fingerprint density at radius 3 is 1.56 bits per heavy atom. The lowest BCUT2D eigenvalue weighted by molar-refractivity contribution is -0.780. The van der Waals surface area contributed by atoms with Crippen LogP contribution < -0.4 is 4.68 Å². The Morgan fingerprint density at radius 2 is 1.12 bits per heavy atom. The molecule has 0 aromatic carbocycles. The normalized spacial score (nSPS) is 11.4. The predicted molar refractivity (Wildman–Crippen MR) is 110 cm³/mol. The second-order valence-corrected chi connectivity index (χ2v) is 7.86. The molecule has 0 bridgehead atoms. The van der Waals surface area contributed by atoms with Crippen molar-refractivity contribution < 1.29 is 4.68 Å². The van der Waals surface area contributed by atoms with Crippen LogP contribution in [0.2, 0.25) is 0 Å². The number of aromatic nitrogens is 2. The van der Waals surface area contributed by atoms with Gasteiger partial charge < -0.3 is 0 Å². The van der Waals surface area contributed by atoms with Crippen LogP contribution in [0, 0.1) is 13.8 Å². The summed E-state index contributed by atoms with van der Waals surface area (Å²) >= 11 is 0. The molecule has 0 radical (unpaired) electrons. The van der Waals surface area contributed by atoms with Gasteiger partial charge in [-0.1, -0.05) is 84.0 Å². The lowest BCUT2D eigenvalue weighted by Gasteiger charge is -2.04. The van der Waals surface area contributed by atoms with Gasteiger partial charge in [-0.25, -0.2) is 0 Å². The highest BCUT2D eigenvalue weighted by atomic mass is 15.4. The van der Waals surface area contributed by atoms with E-state index in [1.54, 1.807) is 0 Å². The lowest BCUT2D eigenvalue weighted by atomic mass is 10.0. The summed E-state index contributed by atoms with van der Waals surface area (Å²) in [6, 6.07) is 2.31. The fourth-order valence-electron chi connectivity index (χ4n) is 4.01. The van der Waals surface area contributed by atoms with E-state index >= 15 is 0 Å². The van der Waals surface area contributed by atoms with Gasteiger partial charge in [-0.3, -0.25) is 0 Å². The summed E-state index contributed by atoms with van der Waals surface area (Å²) in [5.41, 5.74) is 2.81. The molecule has 146 valence electrons. The maximum Gasteiger partial charge on any atom is 0.205 e. The van der Waals surface area contributed by atoms with Gasteiger partial charge in [0, 0.05) is 19.4 Å². The molecule has 0 saturated heterocycles. The van der Waals surface area contributed by atoms with Crippen LogP contribution in [-0.4, -0.2) is 4.68 Å². The van der Waals surface area contributed by atoms with E-state index in [4.69, 9.17) is 0 Å². The van der Waals surface area contributed by atoms with Crippen LogP contribution in [0.15, 0.2) is 6.07 Å². The number of aryl methyl sites for hydroxylation is 2. The van der Waals surface area contributed by atoms with Gasteiger partial charge >= 0.3 is 0 Å². The molecule has 1 rings (SSSR count). The summed E-state index contributed by atoms with van der Waals surface area (Å²) in [5, 5.41) is 0. The van der Waals surface area contributed by atoms with Crippen molar-refractivity contribution in [2.24, 2.45) is 0 Å². The monoisotopic (exact) mass is 349 g/mol. The van der Waals surface area contributed by atoms with Gasteiger partial charge in [-0.15, -0.1) is 4.68 Å². The maximum absolute atomic E-state index is 2.47. The Balaban J connectivity index is 1.91. The van der Waals surface area contributed by atoms with Gasteiger partial charge in [0.15, 0.2) is 6.54 Å². The molecule has 0 aliphatic carbocycles. The van der Waals surface area contributed by atoms with E-state index in [2.05, 4.69) is 43.1 Å². The molecule has 0 N–H and O–H groups in total. The second kappa shape index (κ2) is 14.4. The van der Waals surface area contributed by atoms with E-state index in [0.29, 0.717) is 0 Å². The molecule has 0 amide bonds. The van der Waals surface area contributed by atoms with Crippen molar-refractivity contribution in [1.82, 2.24) is 4.68 Å². The maximum atomic E-state index is 2.47.